The van der Waals surface area contributed by atoms with Gasteiger partial charge in [0, 0.05) is 20.1 Å². The number of carboxylic acid groups (broad SMARTS) is 1. The van der Waals surface area contributed by atoms with Crippen LogP contribution in [0.15, 0.2) is 33.9 Å². The lowest BCUT2D eigenvalue weighted by molar-refractivity contribution is -0.152. The van der Waals surface area contributed by atoms with E-state index in [1.165, 1.54) is 30.1 Å². The Hall–Kier alpha value is -3.30. The summed E-state index contributed by atoms with van der Waals surface area (Å²) >= 11 is 0. The number of aliphatic carboxylic acids is 1. The minimum atomic E-state index is -1.32. The third-order valence-corrected chi connectivity index (χ3v) is 5.28. The fourth-order valence-corrected chi connectivity index (χ4v) is 3.22. The Bertz CT molecular complexity index is 1040. The lowest BCUT2D eigenvalue weighted by Gasteiger charge is -2.21. The van der Waals surface area contributed by atoms with Gasteiger partial charge in [0.2, 0.25) is 5.82 Å². The second kappa shape index (κ2) is 12.8. The van der Waals surface area contributed by atoms with Gasteiger partial charge in [0.15, 0.2) is 5.60 Å². The molecule has 10 heteroatoms. The normalized spacial score (nSPS) is 11.3. The molecule has 0 bridgehead atoms. The summed E-state index contributed by atoms with van der Waals surface area (Å²) in [6.07, 6.45) is 5.75. The number of carboxylic acids is 1. The number of anilines is 1. The van der Waals surface area contributed by atoms with E-state index in [-0.39, 0.29) is 5.82 Å². The van der Waals surface area contributed by atoms with Gasteiger partial charge in [-0.05, 0) is 51.0 Å². The van der Waals surface area contributed by atoms with Crippen LogP contribution < -0.4 is 26.0 Å². The zero-order valence-electron chi connectivity index (χ0n) is 20.5. The maximum absolute atomic E-state index is 12.7. The number of rotatable bonds is 15. The summed E-state index contributed by atoms with van der Waals surface area (Å²) in [4.78, 5) is 36.1. The summed E-state index contributed by atoms with van der Waals surface area (Å²) in [5.74, 6) is 0.153. The Kier molecular flexibility index (Phi) is 10.2. The van der Waals surface area contributed by atoms with Crippen molar-refractivity contribution in [1.82, 2.24) is 14.3 Å². The fourth-order valence-electron chi connectivity index (χ4n) is 3.22. The molecule has 1 heterocycles. The first kappa shape index (κ1) is 26.9. The summed E-state index contributed by atoms with van der Waals surface area (Å²) < 4.78 is 13.6. The number of nitrogens with one attached hydrogen (secondary N) is 1. The standard InChI is InChI=1S/C24H36N4O6/c1-5-6-7-8-9-16-28-21(29)20(26-27(4)23(28)32)25-15-10-17-33-18-11-13-19(14-12-18)34-24(2,3)22(30)31/h11-14H,5-10,15-17H2,1-4H3,(H,25,26)(H,30,31). The Balaban J connectivity index is 1.83. The molecule has 0 atom stereocenters. The van der Waals surface area contributed by atoms with Gasteiger partial charge in [-0.1, -0.05) is 32.6 Å². The van der Waals surface area contributed by atoms with E-state index in [4.69, 9.17) is 14.6 Å². The van der Waals surface area contributed by atoms with Gasteiger partial charge in [-0.15, -0.1) is 5.10 Å². The first-order valence-corrected chi connectivity index (χ1v) is 11.7. The molecule has 0 saturated heterocycles. The molecule has 0 amide bonds. The van der Waals surface area contributed by atoms with E-state index in [0.29, 0.717) is 37.6 Å². The van der Waals surface area contributed by atoms with Crippen molar-refractivity contribution in [2.24, 2.45) is 7.05 Å². The number of unbranched alkanes of at least 4 members (excludes halogenated alkanes) is 4. The van der Waals surface area contributed by atoms with Gasteiger partial charge in [-0.2, -0.15) is 0 Å². The largest absolute Gasteiger partial charge is 0.494 e. The first-order chi connectivity index (χ1) is 16.2. The molecular weight excluding hydrogens is 440 g/mol. The Morgan fingerprint density at radius 1 is 1.06 bits per heavy atom. The number of aromatic nitrogens is 3. The second-order valence-corrected chi connectivity index (χ2v) is 8.64. The first-order valence-electron chi connectivity index (χ1n) is 11.7. The summed E-state index contributed by atoms with van der Waals surface area (Å²) in [5.41, 5.74) is -2.13. The molecule has 0 saturated carbocycles. The van der Waals surface area contributed by atoms with Crippen molar-refractivity contribution in [3.8, 4) is 11.5 Å². The molecule has 0 aliphatic heterocycles. The minimum absolute atomic E-state index is 0.151. The van der Waals surface area contributed by atoms with Gasteiger partial charge < -0.3 is 19.9 Å². The number of ether oxygens (including phenoxy) is 2. The predicted octanol–water partition coefficient (Wildman–Crippen LogP) is 3.04. The molecule has 34 heavy (non-hydrogen) atoms. The summed E-state index contributed by atoms with van der Waals surface area (Å²) in [5, 5.41) is 16.2. The van der Waals surface area contributed by atoms with Crippen LogP contribution in [0.3, 0.4) is 0 Å². The summed E-state index contributed by atoms with van der Waals surface area (Å²) in [6.45, 7) is 6.33. The monoisotopic (exact) mass is 476 g/mol. The molecule has 0 radical (unpaired) electrons. The van der Waals surface area contributed by atoms with Crippen LogP contribution in [0.4, 0.5) is 5.82 Å². The number of carbonyl (C=O) groups is 1. The van der Waals surface area contributed by atoms with Gasteiger partial charge in [-0.3, -0.25) is 9.36 Å². The van der Waals surface area contributed by atoms with E-state index in [1.54, 1.807) is 24.3 Å². The van der Waals surface area contributed by atoms with Crippen molar-refractivity contribution in [2.45, 2.75) is 71.4 Å². The highest BCUT2D eigenvalue weighted by atomic mass is 16.5. The Morgan fingerprint density at radius 2 is 1.71 bits per heavy atom. The van der Waals surface area contributed by atoms with E-state index in [9.17, 15) is 14.4 Å². The average Bonchev–Trinajstić information content (AvgIpc) is 2.79. The van der Waals surface area contributed by atoms with Crippen molar-refractivity contribution in [2.75, 3.05) is 18.5 Å². The third-order valence-electron chi connectivity index (χ3n) is 5.28. The van der Waals surface area contributed by atoms with Crippen LogP contribution in [0.2, 0.25) is 0 Å². The molecule has 2 aromatic rings. The number of benzene rings is 1. The molecule has 0 aliphatic rings. The molecule has 0 spiro atoms. The highest BCUT2D eigenvalue weighted by Gasteiger charge is 2.29. The van der Waals surface area contributed by atoms with Crippen molar-refractivity contribution in [3.63, 3.8) is 0 Å². The van der Waals surface area contributed by atoms with E-state index < -0.39 is 22.8 Å². The molecule has 0 fully saturated rings. The van der Waals surface area contributed by atoms with Gasteiger partial charge in [0.1, 0.15) is 11.5 Å². The van der Waals surface area contributed by atoms with Gasteiger partial charge >= 0.3 is 11.7 Å². The molecule has 188 valence electrons. The highest BCUT2D eigenvalue weighted by Crippen LogP contribution is 2.22. The topological polar surface area (TPSA) is 125 Å². The van der Waals surface area contributed by atoms with Crippen LogP contribution in [-0.4, -0.2) is 44.2 Å². The van der Waals surface area contributed by atoms with Crippen molar-refractivity contribution < 1.29 is 19.4 Å². The van der Waals surface area contributed by atoms with Crippen LogP contribution in [0.25, 0.3) is 0 Å². The molecular formula is C24H36N4O6. The minimum Gasteiger partial charge on any atom is -0.494 e. The van der Waals surface area contributed by atoms with Crippen LogP contribution in [0, 0.1) is 0 Å². The number of hydrogen-bond acceptors (Lipinski definition) is 7. The molecule has 0 aliphatic carbocycles. The lowest BCUT2D eigenvalue weighted by Crippen LogP contribution is -2.42. The summed E-state index contributed by atoms with van der Waals surface area (Å²) in [6, 6.07) is 6.71. The average molecular weight is 477 g/mol. The maximum Gasteiger partial charge on any atom is 0.347 e. The van der Waals surface area contributed by atoms with Crippen molar-refractivity contribution >= 4 is 11.8 Å². The Morgan fingerprint density at radius 3 is 2.35 bits per heavy atom. The zero-order valence-corrected chi connectivity index (χ0v) is 20.5. The van der Waals surface area contributed by atoms with Gasteiger partial charge in [0.05, 0.1) is 6.61 Å². The quantitative estimate of drug-likeness (QED) is 0.376. The SMILES string of the molecule is CCCCCCCn1c(=O)c(NCCCOc2ccc(OC(C)(C)C(=O)O)cc2)nn(C)c1=O. The zero-order chi connectivity index (χ0) is 25.1. The Labute approximate surface area is 199 Å². The number of hydrogen-bond donors (Lipinski definition) is 2. The smallest absolute Gasteiger partial charge is 0.347 e. The third kappa shape index (κ3) is 7.93. The van der Waals surface area contributed by atoms with Crippen molar-refractivity contribution in [3.05, 3.63) is 45.1 Å². The van der Waals surface area contributed by atoms with Crippen molar-refractivity contribution in [1.29, 1.82) is 0 Å². The van der Waals surface area contributed by atoms with Crippen LogP contribution in [-0.2, 0) is 18.4 Å². The van der Waals surface area contributed by atoms with Crippen LogP contribution in [0.1, 0.15) is 59.3 Å². The molecule has 0 unspecified atom stereocenters. The van der Waals surface area contributed by atoms with Crippen LogP contribution in [0.5, 0.6) is 11.5 Å². The molecule has 1 aromatic carbocycles. The van der Waals surface area contributed by atoms with Gasteiger partial charge in [0.25, 0.3) is 5.56 Å². The molecule has 2 N–H and O–H groups in total. The van der Waals surface area contributed by atoms with E-state index in [1.807, 2.05) is 0 Å². The van der Waals surface area contributed by atoms with Gasteiger partial charge in [-0.25, -0.2) is 14.3 Å². The van der Waals surface area contributed by atoms with E-state index >= 15 is 0 Å². The molecule has 1 aromatic heterocycles. The molecule has 2 rings (SSSR count). The van der Waals surface area contributed by atoms with Crippen LogP contribution >= 0.6 is 0 Å². The molecule has 10 nitrogen and oxygen atoms in total. The maximum atomic E-state index is 12.7. The number of nitrogens with zero attached hydrogens (tertiary/aromatic N) is 3. The van der Waals surface area contributed by atoms with E-state index in [2.05, 4.69) is 17.3 Å². The van der Waals surface area contributed by atoms with E-state index in [0.717, 1.165) is 32.1 Å². The highest BCUT2D eigenvalue weighted by molar-refractivity contribution is 5.76. The summed E-state index contributed by atoms with van der Waals surface area (Å²) in [7, 11) is 1.54. The number of aryl methyl sites for hydroxylation is 1. The fraction of sp³-hybridized carbons (Fsp3) is 0.583. The second-order valence-electron chi connectivity index (χ2n) is 8.64. The predicted molar refractivity (Wildman–Crippen MR) is 130 cm³/mol. The lowest BCUT2D eigenvalue weighted by atomic mass is 10.1.